The number of nitro benzene ring substituents is 1. The van der Waals surface area contributed by atoms with Crippen LogP contribution in [0.3, 0.4) is 0 Å². The van der Waals surface area contributed by atoms with E-state index in [2.05, 4.69) is 4.84 Å². The summed E-state index contributed by atoms with van der Waals surface area (Å²) in [6.07, 6.45) is -4.26. The first-order valence-electron chi connectivity index (χ1n) is 19.7. The fourth-order valence-corrected chi connectivity index (χ4v) is 9.78. The van der Waals surface area contributed by atoms with Crippen LogP contribution in [-0.2, 0) is 73.0 Å². The van der Waals surface area contributed by atoms with Crippen molar-refractivity contribution in [3.05, 3.63) is 27.8 Å². The van der Waals surface area contributed by atoms with Crippen LogP contribution in [0.5, 0.6) is 11.5 Å². The number of carbonyl (C=O) groups excluding carboxylic acids is 9. The number of amides is 6. The summed E-state index contributed by atoms with van der Waals surface area (Å²) in [6.45, 7) is 1.27. The lowest BCUT2D eigenvalue weighted by Gasteiger charge is -2.24. The molecular formula is C36H40N4O22S2. The summed E-state index contributed by atoms with van der Waals surface area (Å²) < 4.78 is 80.5. The molecule has 26 nitrogen and oxygen atoms in total. The van der Waals surface area contributed by atoms with E-state index in [4.69, 9.17) is 19.0 Å². The van der Waals surface area contributed by atoms with E-state index in [1.54, 1.807) is 0 Å². The summed E-state index contributed by atoms with van der Waals surface area (Å²) >= 11 is 0. The van der Waals surface area contributed by atoms with Crippen LogP contribution in [0, 0.1) is 27.9 Å². The Bertz CT molecular complexity index is 2420. The number of fused-ring (bicyclic) bond motifs is 2. The molecule has 7 atom stereocenters. The van der Waals surface area contributed by atoms with Gasteiger partial charge in [-0.3, -0.25) is 48.0 Å². The Morgan fingerprint density at radius 3 is 2.02 bits per heavy atom. The van der Waals surface area contributed by atoms with Crippen LogP contribution in [0.4, 0.5) is 10.5 Å². The smallest absolute Gasteiger partial charge is 0.417 e. The average molecular weight is 945 g/mol. The number of Topliss-reactive ketones (excluding diaryl/α,β-unsaturated/α-hetero) is 1. The van der Waals surface area contributed by atoms with Crippen LogP contribution in [0.1, 0.15) is 95.6 Å². The van der Waals surface area contributed by atoms with Crippen molar-refractivity contribution in [1.82, 2.24) is 15.0 Å². The number of nitrogens with zero attached hydrogens (tertiary/aromatic N) is 4. The number of imide groups is 3. The van der Waals surface area contributed by atoms with E-state index in [1.165, 1.54) is 13.0 Å². The number of unbranched alkanes of at least 4 members (excludes halogenated alkanes) is 1. The van der Waals surface area contributed by atoms with Gasteiger partial charge in [0.2, 0.25) is 12.7 Å². The van der Waals surface area contributed by atoms with Gasteiger partial charge >= 0.3 is 18.0 Å². The third-order valence-corrected chi connectivity index (χ3v) is 13.8. The average Bonchev–Trinajstić information content (AvgIpc) is 4.02. The fraction of sp³-hybridized carbons (Fsp3) is 0.583. The minimum atomic E-state index is -5.10. The molecule has 6 rings (SSSR count). The van der Waals surface area contributed by atoms with Crippen LogP contribution in [0.2, 0.25) is 0 Å². The molecule has 1 saturated carbocycles. The van der Waals surface area contributed by atoms with Crippen LogP contribution in [-0.4, -0.2) is 123 Å². The first-order valence-corrected chi connectivity index (χ1v) is 22.7. The molecule has 28 heteroatoms. The molecule has 1 aromatic carbocycles. The van der Waals surface area contributed by atoms with Crippen molar-refractivity contribution in [2.24, 2.45) is 17.8 Å². The lowest BCUT2D eigenvalue weighted by molar-refractivity contribution is -0.386. The fourth-order valence-electron chi connectivity index (χ4n) is 8.37. The first-order chi connectivity index (χ1) is 30.0. The molecule has 4 aliphatic heterocycles. The van der Waals surface area contributed by atoms with Crippen molar-refractivity contribution in [2.45, 2.75) is 107 Å². The Balaban J connectivity index is 1.02. The number of ether oxygens (including phenoxy) is 3. The number of likely N-dealkylation sites (tertiary alicyclic amines) is 1. The summed E-state index contributed by atoms with van der Waals surface area (Å²) in [6, 6.07) is 2.00. The number of hydrogen-bond donors (Lipinski definition) is 2. The molecule has 0 spiro atoms. The quantitative estimate of drug-likeness (QED) is 0.0681. The topological polar surface area (TPSA) is 361 Å². The van der Waals surface area contributed by atoms with E-state index in [-0.39, 0.29) is 70.8 Å². The molecule has 1 aliphatic carbocycles. The maximum atomic E-state index is 13.3. The number of carbonyl (C=O) groups is 9. The Morgan fingerprint density at radius 1 is 0.844 bits per heavy atom. The van der Waals surface area contributed by atoms with Crippen molar-refractivity contribution in [1.29, 1.82) is 0 Å². The minimum Gasteiger partial charge on any atom is -0.454 e. The molecular weight excluding hydrogens is 905 g/mol. The normalized spacial score (nSPS) is 24.0. The highest BCUT2D eigenvalue weighted by atomic mass is 32.2. The van der Waals surface area contributed by atoms with Crippen LogP contribution in [0.15, 0.2) is 12.1 Å². The second kappa shape index (κ2) is 18.5. The number of hydrogen-bond acceptors (Lipinski definition) is 20. The predicted octanol–water partition coefficient (Wildman–Crippen LogP) is 1.01. The molecule has 1 aromatic rings. The van der Waals surface area contributed by atoms with Crippen LogP contribution < -0.4 is 9.47 Å². The molecule has 6 amide bonds. The van der Waals surface area contributed by atoms with Crippen molar-refractivity contribution >= 4 is 79.3 Å². The van der Waals surface area contributed by atoms with Gasteiger partial charge in [0, 0.05) is 31.7 Å². The van der Waals surface area contributed by atoms with E-state index in [1.807, 2.05) is 0 Å². The van der Waals surface area contributed by atoms with Crippen molar-refractivity contribution < 1.29 is 97.9 Å². The van der Waals surface area contributed by atoms with Gasteiger partial charge in [-0.2, -0.15) is 16.8 Å². The molecule has 64 heavy (non-hydrogen) atoms. The molecule has 0 bridgehead atoms. The molecule has 0 aromatic heterocycles. The SMILES string of the molecule is CC(OC(=O)N1C(=O)C[C@@H]2C(CCCCC(=O)CC(CCC(=O)ON3C(=O)CC(S(=O)(=O)O)C3=O)C(=O)ON3C(=O)CC(S(=O)(=O)O)C3=O)CC[C@@H]21)c1cc2c(cc1[N+](=O)[O-])OCO2. The number of benzene rings is 1. The standard InChI is InChI=1S/C36H40N4O22S2/c1-17(21-11-25-26(59-16-58-25)13-24(21)40(50)51)60-36(49)37-23-8-6-18(22(23)12-29(37)42)4-2-3-5-20(41)10-19(35(48)62-39-31(44)15-28(34(39)47)64(55,56)57)7-9-32(45)61-38-30(43)14-27(33(38)46)63(52,53)54/h11,13,17-19,22-23,27-28H,2-10,12,14-16H2,1H3,(H,52,53,54)(H,55,56,57)/t17?,18?,19?,22-,23+,27?,28?/m1/s1. The second-order valence-corrected chi connectivity index (χ2v) is 18.8. The summed E-state index contributed by atoms with van der Waals surface area (Å²) in [5.74, 6) is -11.3. The Hall–Kier alpha value is -6.13. The highest BCUT2D eigenvalue weighted by molar-refractivity contribution is 7.87. The summed E-state index contributed by atoms with van der Waals surface area (Å²) in [4.78, 5) is 136. The van der Waals surface area contributed by atoms with E-state index >= 15 is 0 Å². The van der Waals surface area contributed by atoms with E-state index in [9.17, 15) is 79.2 Å². The molecule has 4 fully saturated rings. The minimum absolute atomic E-state index is 0.0301. The van der Waals surface area contributed by atoms with Crippen molar-refractivity contribution in [3.63, 3.8) is 0 Å². The van der Waals surface area contributed by atoms with Gasteiger partial charge in [0.25, 0.3) is 49.6 Å². The molecule has 348 valence electrons. The van der Waals surface area contributed by atoms with Gasteiger partial charge in [-0.15, -0.1) is 10.1 Å². The third-order valence-electron chi connectivity index (χ3n) is 11.6. The number of hydroxylamine groups is 4. The maximum Gasteiger partial charge on any atom is 0.417 e. The Morgan fingerprint density at radius 2 is 1.44 bits per heavy atom. The van der Waals surface area contributed by atoms with E-state index < -0.39 is 139 Å². The van der Waals surface area contributed by atoms with Crippen molar-refractivity contribution in [2.75, 3.05) is 6.79 Å². The van der Waals surface area contributed by atoms with Gasteiger partial charge in [0.1, 0.15) is 11.9 Å². The zero-order valence-electron chi connectivity index (χ0n) is 33.6. The molecule has 5 unspecified atom stereocenters. The molecule has 3 saturated heterocycles. The molecule has 2 N–H and O–H groups in total. The summed E-state index contributed by atoms with van der Waals surface area (Å²) in [5.41, 5.74) is -0.333. The molecule has 0 radical (unpaired) electrons. The number of nitro groups is 1. The van der Waals surface area contributed by atoms with E-state index in [0.717, 1.165) is 11.0 Å². The lowest BCUT2D eigenvalue weighted by Crippen LogP contribution is -2.39. The third kappa shape index (κ3) is 10.1. The van der Waals surface area contributed by atoms with Gasteiger partial charge in [-0.1, -0.05) is 12.8 Å². The number of ketones is 1. The van der Waals surface area contributed by atoms with Crippen LogP contribution >= 0.6 is 0 Å². The zero-order valence-corrected chi connectivity index (χ0v) is 35.2. The highest BCUT2D eigenvalue weighted by Crippen LogP contribution is 2.46. The van der Waals surface area contributed by atoms with Gasteiger partial charge in [0.15, 0.2) is 22.0 Å². The van der Waals surface area contributed by atoms with Gasteiger partial charge in [-0.25, -0.2) is 19.3 Å². The summed E-state index contributed by atoms with van der Waals surface area (Å²) in [7, 11) is -10.1. The number of rotatable bonds is 18. The maximum absolute atomic E-state index is 13.3. The first kappa shape index (κ1) is 47.4. The molecule has 5 aliphatic rings. The highest BCUT2D eigenvalue weighted by Gasteiger charge is 2.52. The zero-order chi connectivity index (χ0) is 47.0. The monoisotopic (exact) mass is 944 g/mol. The predicted molar refractivity (Wildman–Crippen MR) is 202 cm³/mol. The Labute approximate surface area is 361 Å². The van der Waals surface area contributed by atoms with Gasteiger partial charge in [0.05, 0.1) is 35.3 Å². The molecule has 4 heterocycles. The van der Waals surface area contributed by atoms with Gasteiger partial charge in [-0.05, 0) is 50.5 Å². The second-order valence-electron chi connectivity index (χ2n) is 15.6. The lowest BCUT2D eigenvalue weighted by atomic mass is 9.88. The van der Waals surface area contributed by atoms with Gasteiger partial charge < -0.3 is 23.9 Å². The Kier molecular flexibility index (Phi) is 13.7. The summed E-state index contributed by atoms with van der Waals surface area (Å²) in [5, 5.41) is 6.85. The largest absolute Gasteiger partial charge is 0.454 e. The van der Waals surface area contributed by atoms with Crippen LogP contribution in [0.25, 0.3) is 0 Å². The van der Waals surface area contributed by atoms with Crippen molar-refractivity contribution in [3.8, 4) is 11.5 Å². The van der Waals surface area contributed by atoms with E-state index in [0.29, 0.717) is 25.7 Å².